The first-order chi connectivity index (χ1) is 16.8. The van der Waals surface area contributed by atoms with E-state index >= 15 is 0 Å². The molecule has 0 saturated carbocycles. The lowest BCUT2D eigenvalue weighted by Crippen LogP contribution is -2.44. The van der Waals surface area contributed by atoms with Gasteiger partial charge in [-0.15, -0.1) is 0 Å². The highest BCUT2D eigenvalue weighted by Crippen LogP contribution is 2.34. The first-order valence-corrected chi connectivity index (χ1v) is 12.1. The van der Waals surface area contributed by atoms with Gasteiger partial charge < -0.3 is 20.3 Å². The number of hydrogen-bond acceptors (Lipinski definition) is 6. The molecule has 2 aliphatic heterocycles. The standard InChI is InChI=1S/C25H32F3N5O2/c1-16-22(24(34)33-12-10-19(29-2)11-13-33)31-15-32-23(16)30-14-20-4-3-5-21(35-20)17-6-8-18(9-7-17)25(26,27)28/h6-9,15,19-21,29H,3-5,10-14H2,1-2H3,(H,30,31,32)/t20-,21+/m1/s1. The summed E-state index contributed by atoms with van der Waals surface area (Å²) in [6.07, 6.45) is 1.01. The van der Waals surface area contributed by atoms with Gasteiger partial charge in [-0.2, -0.15) is 13.2 Å². The van der Waals surface area contributed by atoms with Gasteiger partial charge in [0.05, 0.1) is 17.8 Å². The van der Waals surface area contributed by atoms with Gasteiger partial charge in [0.25, 0.3) is 5.91 Å². The van der Waals surface area contributed by atoms with Crippen molar-refractivity contribution < 1.29 is 22.7 Å². The Bertz CT molecular complexity index is 1010. The Labute approximate surface area is 203 Å². The number of amides is 1. The zero-order valence-corrected chi connectivity index (χ0v) is 20.1. The topological polar surface area (TPSA) is 79.4 Å². The number of rotatable bonds is 6. The van der Waals surface area contributed by atoms with Crippen molar-refractivity contribution in [2.75, 3.05) is 32.0 Å². The summed E-state index contributed by atoms with van der Waals surface area (Å²) >= 11 is 0. The first kappa shape index (κ1) is 25.4. The molecule has 2 aromatic rings. The van der Waals surface area contributed by atoms with Gasteiger partial charge in [-0.05, 0) is 63.8 Å². The second kappa shape index (κ2) is 10.9. The van der Waals surface area contributed by atoms with Crippen molar-refractivity contribution in [1.82, 2.24) is 20.2 Å². The summed E-state index contributed by atoms with van der Waals surface area (Å²) in [5.41, 5.74) is 1.18. The summed E-state index contributed by atoms with van der Waals surface area (Å²) in [4.78, 5) is 23.5. The molecule has 0 radical (unpaired) electrons. The molecule has 10 heteroatoms. The molecule has 1 aromatic heterocycles. The number of halogens is 3. The molecule has 4 rings (SSSR count). The Balaban J connectivity index is 1.36. The van der Waals surface area contributed by atoms with Crippen LogP contribution in [0.5, 0.6) is 0 Å². The minimum Gasteiger partial charge on any atom is -0.368 e. The van der Waals surface area contributed by atoms with Gasteiger partial charge in [0.2, 0.25) is 0 Å². The second-order valence-electron chi connectivity index (χ2n) is 9.23. The molecule has 2 fully saturated rings. The van der Waals surface area contributed by atoms with E-state index in [0.29, 0.717) is 42.8 Å². The maximum absolute atomic E-state index is 13.1. The Morgan fingerprint density at radius 2 is 1.83 bits per heavy atom. The molecule has 2 aliphatic rings. The van der Waals surface area contributed by atoms with E-state index in [1.807, 2.05) is 18.9 Å². The predicted molar refractivity (Wildman–Crippen MR) is 126 cm³/mol. The average molecular weight is 492 g/mol. The van der Waals surface area contributed by atoms with Crippen LogP contribution in [-0.4, -0.2) is 59.6 Å². The van der Waals surface area contributed by atoms with E-state index in [9.17, 15) is 18.0 Å². The van der Waals surface area contributed by atoms with Crippen molar-refractivity contribution >= 4 is 11.7 Å². The SMILES string of the molecule is CNC1CCN(C(=O)c2ncnc(NC[C@H]3CCC[C@@H](c4ccc(C(F)(F)F)cc4)O3)c2C)CC1. The predicted octanol–water partition coefficient (Wildman–Crippen LogP) is 4.35. The van der Waals surface area contributed by atoms with Crippen molar-refractivity contribution in [3.8, 4) is 0 Å². The fraction of sp³-hybridized carbons (Fsp3) is 0.560. The van der Waals surface area contributed by atoms with E-state index in [4.69, 9.17) is 4.74 Å². The number of alkyl halides is 3. The molecule has 0 unspecified atom stereocenters. The summed E-state index contributed by atoms with van der Waals surface area (Å²) < 4.78 is 44.8. The number of aromatic nitrogens is 2. The van der Waals surface area contributed by atoms with Gasteiger partial charge >= 0.3 is 6.18 Å². The molecule has 1 amide bonds. The zero-order valence-electron chi connectivity index (χ0n) is 20.1. The molecule has 7 nitrogen and oxygen atoms in total. The van der Waals surface area contributed by atoms with Gasteiger partial charge in [0.1, 0.15) is 17.8 Å². The van der Waals surface area contributed by atoms with Crippen LogP contribution in [0, 0.1) is 6.92 Å². The van der Waals surface area contributed by atoms with Crippen LogP contribution in [0.2, 0.25) is 0 Å². The minimum absolute atomic E-state index is 0.0845. The Hall–Kier alpha value is -2.72. The number of hydrogen-bond donors (Lipinski definition) is 2. The number of nitrogens with zero attached hydrogens (tertiary/aromatic N) is 3. The summed E-state index contributed by atoms with van der Waals surface area (Å²) in [7, 11) is 1.94. The maximum Gasteiger partial charge on any atom is 0.416 e. The van der Waals surface area contributed by atoms with Gasteiger partial charge in [0.15, 0.2) is 0 Å². The highest BCUT2D eigenvalue weighted by molar-refractivity contribution is 5.94. The molecule has 0 bridgehead atoms. The van der Waals surface area contributed by atoms with Crippen LogP contribution in [0.1, 0.15) is 65.4 Å². The van der Waals surface area contributed by atoms with Crippen LogP contribution < -0.4 is 10.6 Å². The molecular formula is C25H32F3N5O2. The summed E-state index contributed by atoms with van der Waals surface area (Å²) in [6.45, 7) is 3.70. The van der Waals surface area contributed by atoms with Crippen LogP contribution >= 0.6 is 0 Å². The lowest BCUT2D eigenvalue weighted by molar-refractivity contribution is -0.137. The number of ether oxygens (including phenoxy) is 1. The van der Waals surface area contributed by atoms with Gasteiger partial charge in [-0.3, -0.25) is 4.79 Å². The molecule has 0 aliphatic carbocycles. The molecule has 2 N–H and O–H groups in total. The normalized spacial score (nSPS) is 21.7. The molecule has 35 heavy (non-hydrogen) atoms. The van der Waals surface area contributed by atoms with Crippen molar-refractivity contribution in [1.29, 1.82) is 0 Å². The highest BCUT2D eigenvalue weighted by atomic mass is 19.4. The molecule has 190 valence electrons. The Morgan fingerprint density at radius 1 is 1.11 bits per heavy atom. The summed E-state index contributed by atoms with van der Waals surface area (Å²) in [5.74, 6) is 0.507. The van der Waals surface area contributed by atoms with Crippen LogP contribution in [0.25, 0.3) is 0 Å². The quantitative estimate of drug-likeness (QED) is 0.626. The van der Waals surface area contributed by atoms with Gasteiger partial charge in [-0.1, -0.05) is 12.1 Å². The molecule has 2 atom stereocenters. The van der Waals surface area contributed by atoms with Crippen molar-refractivity contribution in [2.45, 2.75) is 63.5 Å². The number of benzene rings is 1. The lowest BCUT2D eigenvalue weighted by Gasteiger charge is -2.32. The van der Waals surface area contributed by atoms with E-state index in [2.05, 4.69) is 20.6 Å². The number of nitrogens with one attached hydrogen (secondary N) is 2. The lowest BCUT2D eigenvalue weighted by atomic mass is 9.97. The highest BCUT2D eigenvalue weighted by Gasteiger charge is 2.31. The van der Waals surface area contributed by atoms with E-state index in [-0.39, 0.29) is 18.1 Å². The third kappa shape index (κ3) is 6.10. The molecule has 3 heterocycles. The first-order valence-electron chi connectivity index (χ1n) is 12.1. The van der Waals surface area contributed by atoms with Crippen molar-refractivity contribution in [2.24, 2.45) is 0 Å². The van der Waals surface area contributed by atoms with Crippen molar-refractivity contribution in [3.63, 3.8) is 0 Å². The number of piperidine rings is 1. The molecular weight excluding hydrogens is 459 g/mol. The number of carbonyl (C=O) groups is 1. The zero-order chi connectivity index (χ0) is 25.0. The van der Waals surface area contributed by atoms with Crippen molar-refractivity contribution in [3.05, 3.63) is 53.0 Å². The fourth-order valence-corrected chi connectivity index (χ4v) is 4.76. The van der Waals surface area contributed by atoms with E-state index < -0.39 is 11.7 Å². The van der Waals surface area contributed by atoms with E-state index in [1.54, 1.807) is 0 Å². The molecule has 0 spiro atoms. The van der Waals surface area contributed by atoms with Gasteiger partial charge in [-0.25, -0.2) is 9.97 Å². The maximum atomic E-state index is 13.1. The monoisotopic (exact) mass is 491 g/mol. The van der Waals surface area contributed by atoms with E-state index in [0.717, 1.165) is 49.8 Å². The third-order valence-corrected chi connectivity index (χ3v) is 6.93. The van der Waals surface area contributed by atoms with Gasteiger partial charge in [0, 0.05) is 31.2 Å². The Morgan fingerprint density at radius 3 is 2.49 bits per heavy atom. The fourth-order valence-electron chi connectivity index (χ4n) is 4.76. The molecule has 1 aromatic carbocycles. The largest absolute Gasteiger partial charge is 0.416 e. The smallest absolute Gasteiger partial charge is 0.368 e. The third-order valence-electron chi connectivity index (χ3n) is 6.93. The van der Waals surface area contributed by atoms with Crippen LogP contribution in [0.4, 0.5) is 19.0 Å². The average Bonchev–Trinajstić information content (AvgIpc) is 2.87. The van der Waals surface area contributed by atoms with E-state index in [1.165, 1.54) is 18.5 Å². The van der Waals surface area contributed by atoms with Crippen LogP contribution in [-0.2, 0) is 10.9 Å². The summed E-state index contributed by atoms with van der Waals surface area (Å²) in [6, 6.07) is 5.63. The van der Waals surface area contributed by atoms with Crippen LogP contribution in [0.15, 0.2) is 30.6 Å². The summed E-state index contributed by atoms with van der Waals surface area (Å²) in [5, 5.41) is 6.56. The second-order valence-corrected chi connectivity index (χ2v) is 9.23. The molecule has 2 saturated heterocycles. The number of likely N-dealkylation sites (tertiary alicyclic amines) is 1. The number of carbonyl (C=O) groups excluding carboxylic acids is 1. The Kier molecular flexibility index (Phi) is 7.91. The number of anilines is 1. The minimum atomic E-state index is -4.35. The van der Waals surface area contributed by atoms with Crippen LogP contribution in [0.3, 0.4) is 0 Å².